The summed E-state index contributed by atoms with van der Waals surface area (Å²) < 4.78 is 10.3. The van der Waals surface area contributed by atoms with E-state index in [-0.39, 0.29) is 17.6 Å². The maximum absolute atomic E-state index is 11.1. The normalized spacial score (nSPS) is 9.96. The van der Waals surface area contributed by atoms with Gasteiger partial charge in [-0.15, -0.1) is 0 Å². The highest BCUT2D eigenvalue weighted by molar-refractivity contribution is 5.80. The number of aldehydes is 1. The van der Waals surface area contributed by atoms with Gasteiger partial charge < -0.3 is 9.47 Å². The van der Waals surface area contributed by atoms with Gasteiger partial charge in [0.25, 0.3) is 5.75 Å². The van der Waals surface area contributed by atoms with Crippen molar-refractivity contribution >= 4 is 17.7 Å². The SMILES string of the molecule is COc1ccc(Oc2c([N+](=O)[O-])cc(C=O)cc2[N+](=O)[O-])cc1. The molecule has 23 heavy (non-hydrogen) atoms. The molecule has 118 valence electrons. The van der Waals surface area contributed by atoms with Crippen molar-refractivity contribution < 1.29 is 24.1 Å². The Morgan fingerprint density at radius 2 is 1.43 bits per heavy atom. The van der Waals surface area contributed by atoms with Crippen LogP contribution in [0.15, 0.2) is 36.4 Å². The predicted molar refractivity (Wildman–Crippen MR) is 78.2 cm³/mol. The number of rotatable bonds is 6. The maximum atomic E-state index is 11.1. The van der Waals surface area contributed by atoms with Crippen LogP contribution in [0.25, 0.3) is 0 Å². The van der Waals surface area contributed by atoms with Gasteiger partial charge in [-0.3, -0.25) is 25.0 Å². The number of carbonyl (C=O) groups excluding carboxylic acids is 1. The zero-order valence-electron chi connectivity index (χ0n) is 11.8. The highest BCUT2D eigenvalue weighted by atomic mass is 16.6. The molecule has 0 aromatic heterocycles. The van der Waals surface area contributed by atoms with Crippen molar-refractivity contribution in [1.29, 1.82) is 0 Å². The van der Waals surface area contributed by atoms with Gasteiger partial charge in [-0.2, -0.15) is 0 Å². The van der Waals surface area contributed by atoms with E-state index in [9.17, 15) is 25.0 Å². The van der Waals surface area contributed by atoms with Gasteiger partial charge in [0.15, 0.2) is 6.29 Å². The first kappa shape index (κ1) is 15.9. The summed E-state index contributed by atoms with van der Waals surface area (Å²) in [7, 11) is 1.46. The molecule has 0 fully saturated rings. The maximum Gasteiger partial charge on any atom is 0.319 e. The first-order valence-corrected chi connectivity index (χ1v) is 6.20. The second-order valence-electron chi connectivity index (χ2n) is 4.30. The summed E-state index contributed by atoms with van der Waals surface area (Å²) in [5.74, 6) is 0.129. The summed E-state index contributed by atoms with van der Waals surface area (Å²) >= 11 is 0. The Morgan fingerprint density at radius 3 is 1.83 bits per heavy atom. The Bertz CT molecular complexity index is 736. The van der Waals surface area contributed by atoms with Crippen molar-refractivity contribution in [3.05, 3.63) is 62.2 Å². The third kappa shape index (κ3) is 3.40. The van der Waals surface area contributed by atoms with Crippen molar-refractivity contribution in [1.82, 2.24) is 0 Å². The molecular formula is C14H10N2O7. The number of ether oxygens (including phenoxy) is 2. The quantitative estimate of drug-likeness (QED) is 0.455. The van der Waals surface area contributed by atoms with Crippen molar-refractivity contribution in [2.75, 3.05) is 7.11 Å². The van der Waals surface area contributed by atoms with Crippen LogP contribution < -0.4 is 9.47 Å². The van der Waals surface area contributed by atoms with Crippen LogP contribution in [0.3, 0.4) is 0 Å². The van der Waals surface area contributed by atoms with Gasteiger partial charge in [0.2, 0.25) is 0 Å². The molecule has 2 aromatic carbocycles. The number of methoxy groups -OCH3 is 1. The van der Waals surface area contributed by atoms with Crippen LogP contribution in [0.4, 0.5) is 11.4 Å². The van der Waals surface area contributed by atoms with E-state index in [1.165, 1.54) is 31.4 Å². The summed E-state index contributed by atoms with van der Waals surface area (Å²) in [6.45, 7) is 0. The topological polar surface area (TPSA) is 122 Å². The molecule has 0 radical (unpaired) electrons. The number of benzene rings is 2. The Balaban J connectivity index is 2.55. The lowest BCUT2D eigenvalue weighted by Gasteiger charge is -2.08. The van der Waals surface area contributed by atoms with E-state index < -0.39 is 27.0 Å². The summed E-state index contributed by atoms with van der Waals surface area (Å²) in [6.07, 6.45) is 0.289. The van der Waals surface area contributed by atoms with E-state index in [1.807, 2.05) is 0 Å². The molecule has 0 heterocycles. The Labute approximate surface area is 129 Å². The molecule has 9 nitrogen and oxygen atoms in total. The number of carbonyl (C=O) groups is 1. The average Bonchev–Trinajstić information content (AvgIpc) is 2.55. The fourth-order valence-corrected chi connectivity index (χ4v) is 1.83. The summed E-state index contributed by atoms with van der Waals surface area (Å²) in [6, 6.07) is 7.79. The molecular weight excluding hydrogens is 308 g/mol. The van der Waals surface area contributed by atoms with Gasteiger partial charge in [-0.25, -0.2) is 0 Å². The zero-order chi connectivity index (χ0) is 17.0. The lowest BCUT2D eigenvalue weighted by atomic mass is 10.1. The van der Waals surface area contributed by atoms with Crippen LogP contribution in [0.5, 0.6) is 17.2 Å². The van der Waals surface area contributed by atoms with Gasteiger partial charge in [-0.1, -0.05) is 0 Å². The van der Waals surface area contributed by atoms with Crippen molar-refractivity contribution in [2.45, 2.75) is 0 Å². The summed E-state index contributed by atoms with van der Waals surface area (Å²) in [4.78, 5) is 31.3. The van der Waals surface area contributed by atoms with E-state index in [4.69, 9.17) is 9.47 Å². The Kier molecular flexibility index (Phi) is 4.50. The molecule has 0 aliphatic heterocycles. The van der Waals surface area contributed by atoms with Gasteiger partial charge in [-0.05, 0) is 24.3 Å². The fraction of sp³-hybridized carbons (Fsp3) is 0.0714. The predicted octanol–water partition coefficient (Wildman–Crippen LogP) is 3.12. The molecule has 2 aromatic rings. The van der Waals surface area contributed by atoms with E-state index >= 15 is 0 Å². The second-order valence-corrected chi connectivity index (χ2v) is 4.30. The van der Waals surface area contributed by atoms with Crippen LogP contribution in [0.1, 0.15) is 10.4 Å². The van der Waals surface area contributed by atoms with Gasteiger partial charge in [0, 0.05) is 17.7 Å². The van der Waals surface area contributed by atoms with E-state index in [1.54, 1.807) is 0 Å². The molecule has 0 saturated heterocycles. The molecule has 0 amide bonds. The molecule has 0 spiro atoms. The summed E-state index contributed by atoms with van der Waals surface area (Å²) in [5.41, 5.74) is -1.53. The summed E-state index contributed by atoms with van der Waals surface area (Å²) in [5, 5.41) is 22.2. The minimum absolute atomic E-state index is 0.149. The average molecular weight is 318 g/mol. The number of nitrogens with zero attached hydrogens (tertiary/aromatic N) is 2. The van der Waals surface area contributed by atoms with Gasteiger partial charge in [0.1, 0.15) is 11.5 Å². The smallest absolute Gasteiger partial charge is 0.319 e. The van der Waals surface area contributed by atoms with Crippen LogP contribution in [0, 0.1) is 20.2 Å². The second kappa shape index (κ2) is 6.52. The highest BCUT2D eigenvalue weighted by Gasteiger charge is 2.29. The van der Waals surface area contributed by atoms with E-state index in [2.05, 4.69) is 0 Å². The molecule has 0 aliphatic rings. The minimum atomic E-state index is -0.848. The molecule has 0 bridgehead atoms. The first-order valence-electron chi connectivity index (χ1n) is 6.20. The first-order chi connectivity index (χ1) is 11.0. The largest absolute Gasteiger partial charge is 0.497 e. The highest BCUT2D eigenvalue weighted by Crippen LogP contribution is 2.40. The van der Waals surface area contributed by atoms with Crippen LogP contribution in [-0.4, -0.2) is 23.2 Å². The molecule has 0 aliphatic carbocycles. The third-order valence-electron chi connectivity index (χ3n) is 2.88. The van der Waals surface area contributed by atoms with Crippen molar-refractivity contribution in [3.63, 3.8) is 0 Å². The molecule has 0 atom stereocenters. The number of nitro benzene ring substituents is 2. The van der Waals surface area contributed by atoms with Gasteiger partial charge >= 0.3 is 11.4 Å². The van der Waals surface area contributed by atoms with Gasteiger partial charge in [0.05, 0.1) is 17.0 Å². The van der Waals surface area contributed by atoms with Crippen LogP contribution in [0.2, 0.25) is 0 Å². The van der Waals surface area contributed by atoms with E-state index in [0.717, 1.165) is 12.1 Å². The molecule has 0 unspecified atom stereocenters. The standard InChI is InChI=1S/C14H10N2O7/c1-22-10-2-4-11(5-3-10)23-14-12(15(18)19)6-9(8-17)7-13(14)16(20)21/h2-8H,1H3. The molecule has 0 saturated carbocycles. The molecule has 9 heteroatoms. The lowest BCUT2D eigenvalue weighted by molar-refractivity contribution is -0.395. The monoisotopic (exact) mass is 318 g/mol. The lowest BCUT2D eigenvalue weighted by Crippen LogP contribution is -2.00. The Morgan fingerprint density at radius 1 is 0.957 bits per heavy atom. The molecule has 2 rings (SSSR count). The van der Waals surface area contributed by atoms with Crippen molar-refractivity contribution in [2.24, 2.45) is 0 Å². The Hall–Kier alpha value is -3.49. The zero-order valence-corrected chi connectivity index (χ0v) is 11.8. The van der Waals surface area contributed by atoms with Crippen molar-refractivity contribution in [3.8, 4) is 17.2 Å². The minimum Gasteiger partial charge on any atom is -0.497 e. The van der Waals surface area contributed by atoms with Crippen LogP contribution >= 0.6 is 0 Å². The van der Waals surface area contributed by atoms with E-state index in [0.29, 0.717) is 5.75 Å². The third-order valence-corrected chi connectivity index (χ3v) is 2.88. The number of hydrogen-bond acceptors (Lipinski definition) is 7. The fourth-order valence-electron chi connectivity index (χ4n) is 1.83. The number of hydrogen-bond donors (Lipinski definition) is 0. The number of nitro groups is 2. The molecule has 0 N–H and O–H groups in total. The van der Waals surface area contributed by atoms with Crippen LogP contribution in [-0.2, 0) is 0 Å².